The number of rotatable bonds is 3. The minimum absolute atomic E-state index is 0.000937. The van der Waals surface area contributed by atoms with Crippen LogP contribution in [0.5, 0.6) is 0 Å². The SMILES string of the molecule is C/C=C1/CN2CCc3c([nH]c4ccccc34)[C@@H]2C[C@@H]1/C(=C/OC)C(=O)OC. The maximum absolute atomic E-state index is 12.4. The first-order chi connectivity index (χ1) is 13.2. The molecule has 1 aromatic carbocycles. The van der Waals surface area contributed by atoms with Crippen LogP contribution < -0.4 is 0 Å². The van der Waals surface area contributed by atoms with E-state index in [0.717, 1.165) is 25.9 Å². The zero-order valence-corrected chi connectivity index (χ0v) is 16.1. The number of esters is 1. The Morgan fingerprint density at radius 1 is 1.30 bits per heavy atom. The van der Waals surface area contributed by atoms with E-state index in [-0.39, 0.29) is 17.9 Å². The number of nitrogens with one attached hydrogen (secondary N) is 1. The Morgan fingerprint density at radius 3 is 2.85 bits per heavy atom. The summed E-state index contributed by atoms with van der Waals surface area (Å²) in [5.74, 6) is -0.316. The van der Waals surface area contributed by atoms with Gasteiger partial charge in [0.2, 0.25) is 0 Å². The van der Waals surface area contributed by atoms with Crippen molar-refractivity contribution < 1.29 is 14.3 Å². The van der Waals surface area contributed by atoms with Gasteiger partial charge in [-0.1, -0.05) is 29.8 Å². The van der Waals surface area contributed by atoms with Gasteiger partial charge in [0, 0.05) is 35.6 Å². The molecule has 142 valence electrons. The van der Waals surface area contributed by atoms with Crippen LogP contribution in [0.1, 0.15) is 30.6 Å². The molecule has 0 bridgehead atoms. The second-order valence-corrected chi connectivity index (χ2v) is 7.25. The van der Waals surface area contributed by atoms with E-state index in [0.29, 0.717) is 5.57 Å². The lowest BCUT2D eigenvalue weighted by Crippen LogP contribution is -2.43. The van der Waals surface area contributed by atoms with E-state index in [1.165, 1.54) is 34.8 Å². The molecule has 2 aliphatic rings. The third-order valence-electron chi connectivity index (χ3n) is 5.97. The summed E-state index contributed by atoms with van der Waals surface area (Å²) in [5.41, 5.74) is 5.75. The van der Waals surface area contributed by atoms with E-state index in [4.69, 9.17) is 9.47 Å². The molecule has 0 aliphatic carbocycles. The van der Waals surface area contributed by atoms with E-state index < -0.39 is 0 Å². The van der Waals surface area contributed by atoms with Gasteiger partial charge in [-0.15, -0.1) is 0 Å². The van der Waals surface area contributed by atoms with E-state index in [1.807, 2.05) is 6.92 Å². The number of fused-ring (bicyclic) bond motifs is 5. The fraction of sp³-hybridized carbons (Fsp3) is 0.409. The van der Waals surface area contributed by atoms with Crippen molar-refractivity contribution in [1.29, 1.82) is 0 Å². The zero-order valence-electron chi connectivity index (χ0n) is 16.1. The second-order valence-electron chi connectivity index (χ2n) is 7.25. The Bertz CT molecular complexity index is 925. The molecular formula is C22H26N2O3. The molecule has 2 aliphatic heterocycles. The van der Waals surface area contributed by atoms with E-state index >= 15 is 0 Å². The highest BCUT2D eigenvalue weighted by atomic mass is 16.5. The molecule has 0 amide bonds. The van der Waals surface area contributed by atoms with Crippen LogP contribution in [0.4, 0.5) is 0 Å². The van der Waals surface area contributed by atoms with E-state index in [2.05, 4.69) is 40.2 Å². The van der Waals surface area contributed by atoms with Gasteiger partial charge in [-0.2, -0.15) is 0 Å². The highest BCUT2D eigenvalue weighted by Crippen LogP contribution is 2.44. The number of aromatic nitrogens is 1. The zero-order chi connectivity index (χ0) is 19.0. The molecular weight excluding hydrogens is 340 g/mol. The summed E-state index contributed by atoms with van der Waals surface area (Å²) in [6, 6.07) is 8.77. The van der Waals surface area contributed by atoms with Crippen molar-refractivity contribution in [2.24, 2.45) is 5.92 Å². The molecule has 5 nitrogen and oxygen atoms in total. The quantitative estimate of drug-likeness (QED) is 0.389. The monoisotopic (exact) mass is 366 g/mol. The fourth-order valence-corrected chi connectivity index (χ4v) is 4.68. The third kappa shape index (κ3) is 2.96. The van der Waals surface area contributed by atoms with Gasteiger partial charge in [0.25, 0.3) is 0 Å². The van der Waals surface area contributed by atoms with Crippen LogP contribution in [-0.4, -0.2) is 43.2 Å². The van der Waals surface area contributed by atoms with Crippen LogP contribution in [0.2, 0.25) is 0 Å². The van der Waals surface area contributed by atoms with Crippen LogP contribution in [0, 0.1) is 5.92 Å². The van der Waals surface area contributed by atoms with Gasteiger partial charge in [0.15, 0.2) is 0 Å². The molecule has 27 heavy (non-hydrogen) atoms. The number of ether oxygens (including phenoxy) is 2. The van der Waals surface area contributed by atoms with Gasteiger partial charge >= 0.3 is 5.97 Å². The van der Waals surface area contributed by atoms with Gasteiger partial charge < -0.3 is 14.5 Å². The van der Waals surface area contributed by atoms with Crippen molar-refractivity contribution in [3.8, 4) is 0 Å². The van der Waals surface area contributed by atoms with Crippen LogP contribution in [0.3, 0.4) is 0 Å². The summed E-state index contributed by atoms with van der Waals surface area (Å²) < 4.78 is 10.2. The molecule has 1 saturated heterocycles. The maximum Gasteiger partial charge on any atom is 0.337 e. The number of benzene rings is 1. The first-order valence-electron chi connectivity index (χ1n) is 9.47. The molecule has 0 unspecified atom stereocenters. The Kier molecular flexibility index (Phi) is 4.79. The molecule has 5 heteroatoms. The van der Waals surface area contributed by atoms with E-state index in [9.17, 15) is 4.79 Å². The Morgan fingerprint density at radius 2 is 2.11 bits per heavy atom. The number of carbonyl (C=O) groups is 1. The van der Waals surface area contributed by atoms with Gasteiger partial charge in [0.1, 0.15) is 0 Å². The second kappa shape index (κ2) is 7.24. The first kappa shape index (κ1) is 17.9. The number of hydrogen-bond acceptors (Lipinski definition) is 4. The smallest absolute Gasteiger partial charge is 0.337 e. The normalized spacial score (nSPS) is 24.6. The largest absolute Gasteiger partial charge is 0.504 e. The van der Waals surface area contributed by atoms with Crippen molar-refractivity contribution in [2.75, 3.05) is 27.3 Å². The number of aromatic amines is 1. The van der Waals surface area contributed by atoms with Crippen LogP contribution in [-0.2, 0) is 20.7 Å². The molecule has 3 heterocycles. The number of allylic oxidation sites excluding steroid dienone is 1. The minimum atomic E-state index is -0.317. The summed E-state index contributed by atoms with van der Waals surface area (Å²) in [7, 11) is 3.00. The molecule has 0 saturated carbocycles. The summed E-state index contributed by atoms with van der Waals surface area (Å²) >= 11 is 0. The van der Waals surface area contributed by atoms with Crippen molar-refractivity contribution in [2.45, 2.75) is 25.8 Å². The molecule has 4 rings (SSSR count). The number of H-pyrrole nitrogens is 1. The number of carbonyl (C=O) groups excluding carboxylic acids is 1. The van der Waals surface area contributed by atoms with Gasteiger partial charge in [0.05, 0.1) is 32.1 Å². The molecule has 0 radical (unpaired) electrons. The number of hydrogen-bond donors (Lipinski definition) is 1. The lowest BCUT2D eigenvalue weighted by atomic mass is 9.78. The number of para-hydroxylation sites is 1. The number of methoxy groups -OCH3 is 2. The predicted octanol–water partition coefficient (Wildman–Crippen LogP) is 3.74. The van der Waals surface area contributed by atoms with Crippen molar-refractivity contribution in [3.63, 3.8) is 0 Å². The number of piperidine rings is 1. The Hall–Kier alpha value is -2.53. The van der Waals surface area contributed by atoms with E-state index in [1.54, 1.807) is 13.4 Å². The molecule has 0 spiro atoms. The first-order valence-corrected chi connectivity index (χ1v) is 9.47. The molecule has 1 fully saturated rings. The van der Waals surface area contributed by atoms with Gasteiger partial charge in [-0.05, 0) is 31.4 Å². The molecule has 2 aromatic rings. The summed E-state index contributed by atoms with van der Waals surface area (Å²) in [4.78, 5) is 18.6. The molecule has 1 N–H and O–H groups in total. The fourth-order valence-electron chi connectivity index (χ4n) is 4.68. The third-order valence-corrected chi connectivity index (χ3v) is 5.97. The topological polar surface area (TPSA) is 54.6 Å². The summed E-state index contributed by atoms with van der Waals surface area (Å²) in [6.45, 7) is 3.94. The minimum Gasteiger partial charge on any atom is -0.504 e. The Balaban J connectivity index is 1.75. The van der Waals surface area contributed by atoms with Gasteiger partial charge in [-0.25, -0.2) is 4.79 Å². The van der Waals surface area contributed by atoms with Crippen LogP contribution >= 0.6 is 0 Å². The highest BCUT2D eigenvalue weighted by Gasteiger charge is 2.40. The van der Waals surface area contributed by atoms with Crippen molar-refractivity contribution in [1.82, 2.24) is 9.88 Å². The number of nitrogens with zero attached hydrogens (tertiary/aromatic N) is 1. The van der Waals surface area contributed by atoms with Gasteiger partial charge in [-0.3, -0.25) is 4.90 Å². The van der Waals surface area contributed by atoms with Crippen molar-refractivity contribution >= 4 is 16.9 Å². The van der Waals surface area contributed by atoms with Crippen molar-refractivity contribution in [3.05, 3.63) is 59.0 Å². The predicted molar refractivity (Wildman–Crippen MR) is 105 cm³/mol. The molecule has 1 aromatic heterocycles. The lowest BCUT2D eigenvalue weighted by Gasteiger charge is -2.44. The maximum atomic E-state index is 12.4. The summed E-state index contributed by atoms with van der Waals surface area (Å²) in [5, 5.41) is 1.32. The average molecular weight is 366 g/mol. The van der Waals surface area contributed by atoms with Crippen LogP contribution in [0.15, 0.2) is 47.7 Å². The standard InChI is InChI=1S/C22H26N2O3/c1-4-14-12-24-10-9-16-15-7-5-6-8-19(15)23-21(16)20(24)11-17(14)18(13-26-2)22(25)27-3/h4-8,13,17,20,23H,9-12H2,1-3H3/b14-4-,18-13-/t17-,20-/m0/s1. The summed E-state index contributed by atoms with van der Waals surface area (Å²) in [6.07, 6.45) is 5.57. The van der Waals surface area contributed by atoms with Crippen LogP contribution in [0.25, 0.3) is 10.9 Å². The average Bonchev–Trinajstić information content (AvgIpc) is 3.09. The highest BCUT2D eigenvalue weighted by molar-refractivity contribution is 5.89. The molecule has 2 atom stereocenters. The Labute approximate surface area is 159 Å². The lowest BCUT2D eigenvalue weighted by molar-refractivity contribution is -0.137.